The molecule has 6 saturated carbocycles. The number of fused-ring (bicyclic) bond motifs is 10. The molecule has 5 nitrogen and oxygen atoms in total. The molecule has 0 aromatic carbocycles. The van der Waals surface area contributed by atoms with Crippen molar-refractivity contribution in [2.45, 2.75) is 123 Å². The van der Waals surface area contributed by atoms with E-state index in [1.54, 1.807) is 0 Å². The van der Waals surface area contributed by atoms with E-state index in [1.165, 1.54) is 5.57 Å². The molecule has 13 atom stereocenters. The van der Waals surface area contributed by atoms with Crippen molar-refractivity contribution in [3.05, 3.63) is 11.6 Å². The van der Waals surface area contributed by atoms with Crippen LogP contribution in [0.25, 0.3) is 0 Å². The second-order valence-electron chi connectivity index (χ2n) is 16.5. The van der Waals surface area contributed by atoms with Crippen molar-refractivity contribution in [3.63, 3.8) is 0 Å². The molecule has 4 N–H and O–H groups in total. The zero-order chi connectivity index (χ0) is 28.5. The first kappa shape index (κ1) is 27.6. The van der Waals surface area contributed by atoms with Gasteiger partial charge in [-0.15, -0.1) is 5.92 Å². The predicted octanol–water partition coefficient (Wildman–Crippen LogP) is 4.80. The second kappa shape index (κ2) is 8.46. The van der Waals surface area contributed by atoms with E-state index < -0.39 is 29.1 Å². The van der Waals surface area contributed by atoms with Crippen LogP contribution in [-0.2, 0) is 4.79 Å². The lowest BCUT2D eigenvalue weighted by molar-refractivity contribution is -0.240. The molecule has 0 aromatic heterocycles. The van der Waals surface area contributed by atoms with E-state index >= 15 is 0 Å². The topological polar surface area (TPSA) is 98.0 Å². The summed E-state index contributed by atoms with van der Waals surface area (Å²) in [5.74, 6) is 6.67. The monoisotopic (exact) mass is 550 g/mol. The van der Waals surface area contributed by atoms with E-state index in [-0.39, 0.29) is 57.7 Å². The van der Waals surface area contributed by atoms with Gasteiger partial charge in [-0.25, -0.2) is 0 Å². The number of aliphatic hydroxyl groups excluding tert-OH is 4. The lowest BCUT2D eigenvalue weighted by Gasteiger charge is -2.72. The van der Waals surface area contributed by atoms with Gasteiger partial charge in [-0.3, -0.25) is 4.79 Å². The summed E-state index contributed by atoms with van der Waals surface area (Å²) in [6, 6.07) is 0. The summed E-state index contributed by atoms with van der Waals surface area (Å²) in [7, 11) is 0. The summed E-state index contributed by atoms with van der Waals surface area (Å²) >= 11 is 0. The van der Waals surface area contributed by atoms with Crippen LogP contribution in [0.4, 0.5) is 0 Å². The highest BCUT2D eigenvalue weighted by molar-refractivity contribution is 5.95. The van der Waals surface area contributed by atoms with Gasteiger partial charge in [0.25, 0.3) is 0 Å². The molecule has 13 unspecified atom stereocenters. The van der Waals surface area contributed by atoms with E-state index in [2.05, 4.69) is 39.5 Å². The third kappa shape index (κ3) is 3.03. The first-order valence-corrected chi connectivity index (χ1v) is 16.2. The number of hydrogen-bond acceptors (Lipinski definition) is 5. The molecular weight excluding hydrogens is 500 g/mol. The number of aliphatic hydroxyl groups is 4. The van der Waals surface area contributed by atoms with E-state index in [0.29, 0.717) is 12.8 Å². The fourth-order valence-corrected chi connectivity index (χ4v) is 13.0. The molecule has 1 spiro atoms. The zero-order valence-corrected chi connectivity index (χ0v) is 25.0. The molecule has 0 amide bonds. The molecular formula is C35H50O5. The van der Waals surface area contributed by atoms with Crippen LogP contribution in [0, 0.1) is 68.0 Å². The Morgan fingerprint density at radius 3 is 2.48 bits per heavy atom. The first-order valence-electron chi connectivity index (χ1n) is 16.2. The van der Waals surface area contributed by atoms with Crippen LogP contribution in [0.2, 0.25) is 0 Å². The molecule has 9 aliphatic carbocycles. The smallest absolute Gasteiger partial charge is 0.159 e. The normalized spacial score (nSPS) is 58.5. The number of ketones is 1. The van der Waals surface area contributed by atoms with E-state index in [0.717, 1.165) is 64.2 Å². The van der Waals surface area contributed by atoms with Gasteiger partial charge in [-0.1, -0.05) is 45.6 Å². The van der Waals surface area contributed by atoms with Crippen LogP contribution >= 0.6 is 0 Å². The van der Waals surface area contributed by atoms with Crippen LogP contribution in [-0.4, -0.2) is 51.1 Å². The maximum atomic E-state index is 14.7. The Morgan fingerprint density at radius 2 is 1.73 bits per heavy atom. The molecule has 0 saturated heterocycles. The fraction of sp³-hybridized carbons (Fsp3) is 0.857. The van der Waals surface area contributed by atoms with Crippen molar-refractivity contribution in [3.8, 4) is 11.8 Å². The number of rotatable bonds is 1. The van der Waals surface area contributed by atoms with Gasteiger partial charge in [0.05, 0.1) is 18.8 Å². The minimum Gasteiger partial charge on any atom is -0.396 e. The molecule has 6 fully saturated rings. The van der Waals surface area contributed by atoms with Gasteiger partial charge in [0.15, 0.2) is 5.78 Å². The highest BCUT2D eigenvalue weighted by Crippen LogP contribution is 2.77. The minimum absolute atomic E-state index is 0.0159. The van der Waals surface area contributed by atoms with Crippen LogP contribution < -0.4 is 0 Å². The van der Waals surface area contributed by atoms with E-state index in [1.807, 2.05) is 6.08 Å². The van der Waals surface area contributed by atoms with E-state index in [4.69, 9.17) is 0 Å². The summed E-state index contributed by atoms with van der Waals surface area (Å²) in [6.07, 6.45) is 10.0. The summed E-state index contributed by atoms with van der Waals surface area (Å²) in [5, 5.41) is 45.9. The molecule has 9 aliphatic rings. The fourth-order valence-electron chi connectivity index (χ4n) is 13.0. The Kier molecular flexibility index (Phi) is 5.85. The largest absolute Gasteiger partial charge is 0.396 e. The van der Waals surface area contributed by atoms with Crippen LogP contribution in [0.5, 0.6) is 0 Å². The lowest BCUT2D eigenvalue weighted by atomic mass is 9.31. The van der Waals surface area contributed by atoms with Gasteiger partial charge < -0.3 is 20.4 Å². The summed E-state index contributed by atoms with van der Waals surface area (Å²) < 4.78 is 0. The Labute approximate surface area is 240 Å². The van der Waals surface area contributed by atoms with Crippen molar-refractivity contribution in [2.75, 3.05) is 6.61 Å². The van der Waals surface area contributed by atoms with Gasteiger partial charge >= 0.3 is 0 Å². The molecule has 4 bridgehead atoms. The van der Waals surface area contributed by atoms with Crippen LogP contribution in [0.3, 0.4) is 0 Å². The molecule has 0 heterocycles. The van der Waals surface area contributed by atoms with Crippen molar-refractivity contribution in [2.24, 2.45) is 56.2 Å². The Hall–Kier alpha value is -1.19. The van der Waals surface area contributed by atoms with Crippen molar-refractivity contribution < 1.29 is 25.2 Å². The highest BCUT2D eigenvalue weighted by Gasteiger charge is 2.75. The SMILES string of the molecule is CC12CCC#CC(O)C3(CC1)C(O)CC1(C)C(=CC(=O)C4C5(C)C6CCCC(CO)(C(O)C6)C5CCC41C)C3C2. The van der Waals surface area contributed by atoms with Crippen LogP contribution in [0.1, 0.15) is 105 Å². The Balaban J connectivity index is 1.40. The Bertz CT molecular complexity index is 1210. The summed E-state index contributed by atoms with van der Waals surface area (Å²) in [4.78, 5) is 14.7. The van der Waals surface area contributed by atoms with Gasteiger partial charge in [-0.05, 0) is 110 Å². The van der Waals surface area contributed by atoms with Crippen LogP contribution in [0.15, 0.2) is 11.6 Å². The number of allylic oxidation sites excluding steroid dienone is 2. The predicted molar refractivity (Wildman–Crippen MR) is 153 cm³/mol. The standard InChI is InChI=1S/C35H50O5/c1-30-11-6-5-9-26(38)35(15-14-30)23(18-30)22-17-24(37)29-31(2,32(22,3)19-28(35)40)13-10-25-33(29,4)21-8-7-12-34(25,20-36)27(39)16-21/h17,21,23,25-29,36,38-40H,6-8,10-16,18-20H2,1-4H3. The molecule has 220 valence electrons. The minimum atomic E-state index is -0.891. The molecule has 9 rings (SSSR count). The van der Waals surface area contributed by atoms with Gasteiger partial charge in [0.1, 0.15) is 6.10 Å². The number of carbonyl (C=O) groups excluding carboxylic acids is 1. The van der Waals surface area contributed by atoms with Crippen molar-refractivity contribution in [1.29, 1.82) is 0 Å². The summed E-state index contributed by atoms with van der Waals surface area (Å²) in [6.45, 7) is 9.32. The average molecular weight is 551 g/mol. The first-order chi connectivity index (χ1) is 18.8. The number of hydrogen-bond donors (Lipinski definition) is 4. The van der Waals surface area contributed by atoms with E-state index in [9.17, 15) is 25.2 Å². The molecule has 0 aromatic rings. The lowest BCUT2D eigenvalue weighted by Crippen LogP contribution is -2.71. The van der Waals surface area contributed by atoms with Gasteiger partial charge in [0, 0.05) is 23.2 Å². The molecule has 5 heteroatoms. The summed E-state index contributed by atoms with van der Waals surface area (Å²) in [5.41, 5.74) is -1.01. The van der Waals surface area contributed by atoms with Crippen molar-refractivity contribution in [1.82, 2.24) is 0 Å². The third-order valence-corrected chi connectivity index (χ3v) is 15.4. The molecule has 0 radical (unpaired) electrons. The zero-order valence-electron chi connectivity index (χ0n) is 25.0. The average Bonchev–Trinajstić information content (AvgIpc) is 3.08. The highest BCUT2D eigenvalue weighted by atomic mass is 16.3. The number of carbonyl (C=O) groups is 1. The van der Waals surface area contributed by atoms with Crippen molar-refractivity contribution >= 4 is 5.78 Å². The van der Waals surface area contributed by atoms with Gasteiger partial charge in [-0.2, -0.15) is 0 Å². The van der Waals surface area contributed by atoms with Gasteiger partial charge in [0.2, 0.25) is 0 Å². The maximum Gasteiger partial charge on any atom is 0.159 e. The molecule has 0 aliphatic heterocycles. The third-order valence-electron chi connectivity index (χ3n) is 15.4. The maximum absolute atomic E-state index is 14.7. The molecule has 40 heavy (non-hydrogen) atoms. The second-order valence-corrected chi connectivity index (χ2v) is 16.5. The quantitative estimate of drug-likeness (QED) is 0.352. The Morgan fingerprint density at radius 1 is 0.950 bits per heavy atom.